The maximum Gasteiger partial charge on any atom is 0.165 e. The van der Waals surface area contributed by atoms with E-state index in [0.29, 0.717) is 12.4 Å². The minimum atomic E-state index is -0.301. The van der Waals surface area contributed by atoms with Gasteiger partial charge in [0.15, 0.2) is 11.6 Å². The van der Waals surface area contributed by atoms with E-state index in [-0.39, 0.29) is 5.82 Å². The fourth-order valence-electron chi connectivity index (χ4n) is 3.31. The van der Waals surface area contributed by atoms with Crippen molar-refractivity contribution in [2.24, 2.45) is 0 Å². The molecule has 3 aromatic rings. The van der Waals surface area contributed by atoms with Crippen LogP contribution in [-0.4, -0.2) is 58.5 Å². The molecule has 1 aliphatic heterocycles. The van der Waals surface area contributed by atoms with Gasteiger partial charge in [-0.1, -0.05) is 18.2 Å². The largest absolute Gasteiger partial charge is 0.489 e. The number of rotatable bonds is 6. The molecule has 1 aromatic carbocycles. The molecule has 3 heterocycles. The molecule has 4 rings (SSSR count). The third kappa shape index (κ3) is 4.03. The standard InChI is InChI=1S/C20H23FN4O/c21-18-5-1-2-6-19(18)26-14-13-23-9-11-24(12-10-23)15-17-16-25-8-4-3-7-20(25)22-17/h1-8,16H,9-15H2. The highest BCUT2D eigenvalue weighted by Crippen LogP contribution is 2.15. The van der Waals surface area contributed by atoms with E-state index >= 15 is 0 Å². The Balaban J connectivity index is 1.22. The van der Waals surface area contributed by atoms with Crippen molar-refractivity contribution in [3.63, 3.8) is 0 Å². The fraction of sp³-hybridized carbons (Fsp3) is 0.350. The Kier molecular flexibility index (Phi) is 5.13. The molecule has 0 saturated carbocycles. The summed E-state index contributed by atoms with van der Waals surface area (Å²) in [6.45, 7) is 6.20. The lowest BCUT2D eigenvalue weighted by atomic mass is 10.3. The average molecular weight is 354 g/mol. The molecule has 0 N–H and O–H groups in total. The van der Waals surface area contributed by atoms with E-state index in [9.17, 15) is 4.39 Å². The van der Waals surface area contributed by atoms with Gasteiger partial charge in [0, 0.05) is 51.7 Å². The lowest BCUT2D eigenvalue weighted by Crippen LogP contribution is -2.47. The van der Waals surface area contributed by atoms with Gasteiger partial charge in [0.1, 0.15) is 12.3 Å². The summed E-state index contributed by atoms with van der Waals surface area (Å²) in [5.41, 5.74) is 2.10. The van der Waals surface area contributed by atoms with Crippen LogP contribution in [0.5, 0.6) is 5.75 Å². The zero-order chi connectivity index (χ0) is 17.8. The van der Waals surface area contributed by atoms with Gasteiger partial charge in [-0.3, -0.25) is 9.80 Å². The minimum Gasteiger partial charge on any atom is -0.489 e. The topological polar surface area (TPSA) is 33.0 Å². The van der Waals surface area contributed by atoms with Crippen LogP contribution in [0.15, 0.2) is 54.9 Å². The molecular weight excluding hydrogens is 331 g/mol. The zero-order valence-electron chi connectivity index (χ0n) is 14.7. The molecule has 0 atom stereocenters. The van der Waals surface area contributed by atoms with Gasteiger partial charge in [-0.05, 0) is 24.3 Å². The summed E-state index contributed by atoms with van der Waals surface area (Å²) < 4.78 is 21.2. The van der Waals surface area contributed by atoms with Crippen molar-refractivity contribution in [2.75, 3.05) is 39.3 Å². The van der Waals surface area contributed by atoms with Gasteiger partial charge in [0.25, 0.3) is 0 Å². The fourth-order valence-corrected chi connectivity index (χ4v) is 3.31. The van der Waals surface area contributed by atoms with Gasteiger partial charge >= 0.3 is 0 Å². The van der Waals surface area contributed by atoms with Crippen molar-refractivity contribution >= 4 is 5.65 Å². The smallest absolute Gasteiger partial charge is 0.165 e. The maximum atomic E-state index is 13.5. The Morgan fingerprint density at radius 1 is 0.962 bits per heavy atom. The summed E-state index contributed by atoms with van der Waals surface area (Å²) in [4.78, 5) is 9.46. The first-order chi connectivity index (χ1) is 12.8. The van der Waals surface area contributed by atoms with E-state index in [0.717, 1.165) is 50.6 Å². The first kappa shape index (κ1) is 17.0. The highest BCUT2D eigenvalue weighted by atomic mass is 19.1. The number of pyridine rings is 1. The molecule has 136 valence electrons. The third-order valence-corrected chi connectivity index (χ3v) is 4.77. The minimum absolute atomic E-state index is 0.301. The van der Waals surface area contributed by atoms with Gasteiger partial charge in [0.2, 0.25) is 0 Å². The summed E-state index contributed by atoms with van der Waals surface area (Å²) >= 11 is 0. The Labute approximate surface area is 152 Å². The molecule has 0 aliphatic carbocycles. The first-order valence-electron chi connectivity index (χ1n) is 9.02. The number of benzene rings is 1. The van der Waals surface area contributed by atoms with Crippen LogP contribution in [0.25, 0.3) is 5.65 Å². The summed E-state index contributed by atoms with van der Waals surface area (Å²) in [5.74, 6) is 0.0303. The second kappa shape index (κ2) is 7.85. The van der Waals surface area contributed by atoms with E-state index in [1.54, 1.807) is 18.2 Å². The Hall–Kier alpha value is -2.44. The highest BCUT2D eigenvalue weighted by molar-refractivity contribution is 5.39. The van der Waals surface area contributed by atoms with Gasteiger partial charge in [0.05, 0.1) is 5.69 Å². The van der Waals surface area contributed by atoms with Crippen LogP contribution in [0, 0.1) is 5.82 Å². The number of nitrogens with zero attached hydrogens (tertiary/aromatic N) is 4. The van der Waals surface area contributed by atoms with Crippen LogP contribution in [0.1, 0.15) is 5.69 Å². The van der Waals surface area contributed by atoms with Crippen molar-refractivity contribution in [1.29, 1.82) is 0 Å². The first-order valence-corrected chi connectivity index (χ1v) is 9.02. The zero-order valence-corrected chi connectivity index (χ0v) is 14.7. The predicted molar refractivity (Wildman–Crippen MR) is 98.8 cm³/mol. The van der Waals surface area contributed by atoms with E-state index in [4.69, 9.17) is 4.74 Å². The monoisotopic (exact) mass is 354 g/mol. The SMILES string of the molecule is Fc1ccccc1OCCN1CCN(Cc2cn3ccccc3n2)CC1. The molecule has 1 fully saturated rings. The molecule has 0 bridgehead atoms. The molecule has 26 heavy (non-hydrogen) atoms. The van der Waals surface area contributed by atoms with Crippen molar-refractivity contribution in [2.45, 2.75) is 6.54 Å². The predicted octanol–water partition coefficient (Wildman–Crippen LogP) is 2.67. The van der Waals surface area contributed by atoms with E-state index in [2.05, 4.69) is 25.4 Å². The van der Waals surface area contributed by atoms with Gasteiger partial charge in [-0.15, -0.1) is 0 Å². The molecule has 6 heteroatoms. The number of piperazine rings is 1. The molecular formula is C20H23FN4O. The van der Waals surface area contributed by atoms with Crippen LogP contribution in [0.2, 0.25) is 0 Å². The Morgan fingerprint density at radius 2 is 1.73 bits per heavy atom. The number of imidazole rings is 1. The summed E-state index contributed by atoms with van der Waals surface area (Å²) in [7, 11) is 0. The second-order valence-corrected chi connectivity index (χ2v) is 6.60. The summed E-state index contributed by atoms with van der Waals surface area (Å²) in [6.07, 6.45) is 4.13. The second-order valence-electron chi connectivity index (χ2n) is 6.60. The molecule has 5 nitrogen and oxygen atoms in total. The van der Waals surface area contributed by atoms with Crippen LogP contribution in [0.3, 0.4) is 0 Å². The van der Waals surface area contributed by atoms with Gasteiger partial charge in [-0.25, -0.2) is 9.37 Å². The number of hydrogen-bond donors (Lipinski definition) is 0. The number of para-hydroxylation sites is 1. The van der Waals surface area contributed by atoms with Crippen molar-refractivity contribution in [1.82, 2.24) is 19.2 Å². The van der Waals surface area contributed by atoms with Crippen LogP contribution < -0.4 is 4.74 Å². The summed E-state index contributed by atoms with van der Waals surface area (Å²) in [6, 6.07) is 12.6. The van der Waals surface area contributed by atoms with E-state index in [1.807, 2.05) is 24.4 Å². The number of fused-ring (bicyclic) bond motifs is 1. The Bertz CT molecular complexity index is 825. The molecule has 1 saturated heterocycles. The molecule has 0 radical (unpaired) electrons. The lowest BCUT2D eigenvalue weighted by molar-refractivity contribution is 0.111. The van der Waals surface area contributed by atoms with Gasteiger partial charge in [-0.2, -0.15) is 0 Å². The van der Waals surface area contributed by atoms with Crippen molar-refractivity contribution < 1.29 is 9.13 Å². The number of aromatic nitrogens is 2. The van der Waals surface area contributed by atoms with E-state index in [1.165, 1.54) is 6.07 Å². The van der Waals surface area contributed by atoms with Crippen molar-refractivity contribution in [3.05, 3.63) is 66.4 Å². The van der Waals surface area contributed by atoms with Gasteiger partial charge < -0.3 is 9.14 Å². The quantitative estimate of drug-likeness (QED) is 0.681. The molecule has 0 unspecified atom stereocenters. The average Bonchev–Trinajstić information content (AvgIpc) is 3.07. The number of hydrogen-bond acceptors (Lipinski definition) is 4. The number of halogens is 1. The molecule has 0 spiro atoms. The molecule has 1 aliphatic rings. The summed E-state index contributed by atoms with van der Waals surface area (Å²) in [5, 5.41) is 0. The normalized spacial score (nSPS) is 16.2. The highest BCUT2D eigenvalue weighted by Gasteiger charge is 2.18. The lowest BCUT2D eigenvalue weighted by Gasteiger charge is -2.34. The molecule has 2 aromatic heterocycles. The van der Waals surface area contributed by atoms with Crippen molar-refractivity contribution in [3.8, 4) is 5.75 Å². The van der Waals surface area contributed by atoms with Crippen LogP contribution in [0.4, 0.5) is 4.39 Å². The Morgan fingerprint density at radius 3 is 2.54 bits per heavy atom. The number of ether oxygens (including phenoxy) is 1. The third-order valence-electron chi connectivity index (χ3n) is 4.77. The van der Waals surface area contributed by atoms with Crippen LogP contribution in [-0.2, 0) is 6.54 Å². The van der Waals surface area contributed by atoms with Crippen LogP contribution >= 0.6 is 0 Å². The molecule has 0 amide bonds. The van der Waals surface area contributed by atoms with E-state index < -0.39 is 0 Å². The maximum absolute atomic E-state index is 13.5.